The van der Waals surface area contributed by atoms with Crippen LogP contribution in [0.2, 0.25) is 0 Å². The summed E-state index contributed by atoms with van der Waals surface area (Å²) in [5.41, 5.74) is 4.88. The first-order valence-corrected chi connectivity index (χ1v) is 7.74. The van der Waals surface area contributed by atoms with E-state index in [1.807, 2.05) is 12.1 Å². The van der Waals surface area contributed by atoms with Gasteiger partial charge in [-0.2, -0.15) is 0 Å². The zero-order chi connectivity index (χ0) is 14.2. The van der Waals surface area contributed by atoms with Gasteiger partial charge in [-0.25, -0.2) is 0 Å². The summed E-state index contributed by atoms with van der Waals surface area (Å²) in [6.07, 6.45) is 2.07. The number of carbonyl (C=O) groups is 1. The molecule has 0 spiro atoms. The number of fused-ring (bicyclic) bond motifs is 1. The number of Topliss-reactive ketones (excluding diaryl/α,β-unsaturated/α-hetero) is 1. The van der Waals surface area contributed by atoms with Crippen LogP contribution in [0.1, 0.15) is 39.4 Å². The van der Waals surface area contributed by atoms with Crippen molar-refractivity contribution in [2.45, 2.75) is 25.3 Å². The first-order chi connectivity index (χ1) is 10.3. The second-order valence-electron chi connectivity index (χ2n) is 6.13. The van der Waals surface area contributed by atoms with Crippen LogP contribution in [0.3, 0.4) is 0 Å². The summed E-state index contributed by atoms with van der Waals surface area (Å²) in [4.78, 5) is 12.7. The van der Waals surface area contributed by atoms with Crippen LogP contribution in [0, 0.1) is 5.92 Å². The zero-order valence-corrected chi connectivity index (χ0v) is 12.0. The van der Waals surface area contributed by atoms with Gasteiger partial charge in [0.25, 0.3) is 0 Å². The summed E-state index contributed by atoms with van der Waals surface area (Å²) < 4.78 is 0. The Bertz CT molecular complexity index is 677. The molecule has 2 unspecified atom stereocenters. The van der Waals surface area contributed by atoms with Gasteiger partial charge >= 0.3 is 0 Å². The molecule has 1 heterocycles. The first kappa shape index (κ1) is 12.8. The summed E-state index contributed by atoms with van der Waals surface area (Å²) in [7, 11) is 0. The summed E-state index contributed by atoms with van der Waals surface area (Å²) in [6.45, 7) is 1.93. The molecule has 1 fully saturated rings. The van der Waals surface area contributed by atoms with Gasteiger partial charge in [0, 0.05) is 18.0 Å². The number of nitrogens with one attached hydrogen (secondary N) is 1. The molecule has 1 N–H and O–H groups in total. The molecule has 2 heteroatoms. The molecule has 0 saturated heterocycles. The van der Waals surface area contributed by atoms with E-state index in [0.717, 1.165) is 31.5 Å². The molecule has 2 aromatic rings. The van der Waals surface area contributed by atoms with Crippen LogP contribution in [0.15, 0.2) is 48.5 Å². The Balaban J connectivity index is 1.54. The number of hydrogen-bond donors (Lipinski definition) is 1. The van der Waals surface area contributed by atoms with E-state index in [4.69, 9.17) is 0 Å². The summed E-state index contributed by atoms with van der Waals surface area (Å²) in [5.74, 6) is 0.923. The monoisotopic (exact) mass is 277 g/mol. The fourth-order valence-electron chi connectivity index (χ4n) is 3.40. The normalized spacial score (nSPS) is 23.4. The van der Waals surface area contributed by atoms with Crippen LogP contribution < -0.4 is 5.32 Å². The van der Waals surface area contributed by atoms with E-state index < -0.39 is 0 Å². The van der Waals surface area contributed by atoms with Crippen molar-refractivity contribution in [1.82, 2.24) is 5.32 Å². The number of benzene rings is 2. The van der Waals surface area contributed by atoms with Gasteiger partial charge in [-0.15, -0.1) is 0 Å². The third-order valence-electron chi connectivity index (χ3n) is 4.73. The lowest BCUT2D eigenvalue weighted by molar-refractivity contribution is 0.0965. The predicted molar refractivity (Wildman–Crippen MR) is 83.5 cm³/mol. The number of ketones is 1. The van der Waals surface area contributed by atoms with Crippen molar-refractivity contribution in [3.05, 3.63) is 70.8 Å². The molecule has 2 aliphatic rings. The third-order valence-corrected chi connectivity index (χ3v) is 4.73. The van der Waals surface area contributed by atoms with Crippen LogP contribution in [-0.4, -0.2) is 12.3 Å². The van der Waals surface area contributed by atoms with Gasteiger partial charge < -0.3 is 5.32 Å². The maximum Gasteiger partial charge on any atom is 0.166 e. The Labute approximate surface area is 125 Å². The largest absolute Gasteiger partial charge is 0.312 e. The minimum absolute atomic E-state index is 0.182. The predicted octanol–water partition coefficient (Wildman–Crippen LogP) is 3.32. The van der Waals surface area contributed by atoms with Crippen LogP contribution in [0.4, 0.5) is 0 Å². The SMILES string of the molecule is O=C(c1ccc2c(c1)CNCC2)C1CC1c1ccccc1. The van der Waals surface area contributed by atoms with E-state index in [0.29, 0.717) is 11.7 Å². The van der Waals surface area contributed by atoms with Crippen molar-refractivity contribution < 1.29 is 4.79 Å². The molecule has 1 aliphatic heterocycles. The Kier molecular flexibility index (Phi) is 3.12. The molecule has 0 radical (unpaired) electrons. The standard InChI is InChI=1S/C19H19NO/c21-19(18-11-17(18)14-4-2-1-3-5-14)15-7-6-13-8-9-20-12-16(13)10-15/h1-7,10,17-18,20H,8-9,11-12H2. The molecule has 4 rings (SSSR count). The summed E-state index contributed by atoms with van der Waals surface area (Å²) >= 11 is 0. The molecular formula is C19H19NO. The van der Waals surface area contributed by atoms with Gasteiger partial charge in [-0.05, 0) is 48.1 Å². The Morgan fingerprint density at radius 3 is 2.76 bits per heavy atom. The highest BCUT2D eigenvalue weighted by molar-refractivity contribution is 6.00. The zero-order valence-electron chi connectivity index (χ0n) is 12.0. The Hall–Kier alpha value is -1.93. The maximum atomic E-state index is 12.7. The molecular weight excluding hydrogens is 258 g/mol. The van der Waals surface area contributed by atoms with Crippen molar-refractivity contribution in [3.63, 3.8) is 0 Å². The van der Waals surface area contributed by atoms with Gasteiger partial charge in [0.1, 0.15) is 0 Å². The highest BCUT2D eigenvalue weighted by Crippen LogP contribution is 2.49. The second kappa shape index (κ2) is 5.12. The third kappa shape index (κ3) is 2.40. The molecule has 0 aromatic heterocycles. The topological polar surface area (TPSA) is 29.1 Å². The molecule has 0 amide bonds. The molecule has 2 nitrogen and oxygen atoms in total. The number of carbonyl (C=O) groups excluding carboxylic acids is 1. The van der Waals surface area contributed by atoms with Crippen molar-refractivity contribution in [3.8, 4) is 0 Å². The van der Waals surface area contributed by atoms with Crippen LogP contribution in [0.25, 0.3) is 0 Å². The van der Waals surface area contributed by atoms with Crippen molar-refractivity contribution in [2.75, 3.05) is 6.54 Å². The summed E-state index contributed by atoms with van der Waals surface area (Å²) in [5, 5.41) is 3.38. The Morgan fingerprint density at radius 2 is 1.90 bits per heavy atom. The average Bonchev–Trinajstić information content (AvgIpc) is 3.35. The lowest BCUT2D eigenvalue weighted by Crippen LogP contribution is -2.24. The molecule has 2 aromatic carbocycles. The van der Waals surface area contributed by atoms with Crippen molar-refractivity contribution in [1.29, 1.82) is 0 Å². The van der Waals surface area contributed by atoms with E-state index in [9.17, 15) is 4.79 Å². The van der Waals surface area contributed by atoms with Crippen molar-refractivity contribution >= 4 is 5.78 Å². The molecule has 1 saturated carbocycles. The van der Waals surface area contributed by atoms with Gasteiger partial charge in [0.2, 0.25) is 0 Å². The molecule has 2 atom stereocenters. The molecule has 106 valence electrons. The van der Waals surface area contributed by atoms with Gasteiger partial charge in [-0.1, -0.05) is 42.5 Å². The summed E-state index contributed by atoms with van der Waals surface area (Å²) in [6, 6.07) is 16.7. The smallest absolute Gasteiger partial charge is 0.166 e. The lowest BCUT2D eigenvalue weighted by atomic mass is 9.95. The maximum absolute atomic E-state index is 12.7. The molecule has 1 aliphatic carbocycles. The molecule has 21 heavy (non-hydrogen) atoms. The first-order valence-electron chi connectivity index (χ1n) is 7.74. The highest BCUT2D eigenvalue weighted by Gasteiger charge is 2.43. The highest BCUT2D eigenvalue weighted by atomic mass is 16.1. The van der Waals surface area contributed by atoms with Gasteiger partial charge in [0.05, 0.1) is 0 Å². The van der Waals surface area contributed by atoms with Gasteiger partial charge in [0.15, 0.2) is 5.78 Å². The fourth-order valence-corrected chi connectivity index (χ4v) is 3.40. The molecule has 0 bridgehead atoms. The lowest BCUT2D eigenvalue weighted by Gasteiger charge is -2.17. The Morgan fingerprint density at radius 1 is 1.05 bits per heavy atom. The van der Waals surface area contributed by atoms with Crippen molar-refractivity contribution in [2.24, 2.45) is 5.92 Å². The van der Waals surface area contributed by atoms with Gasteiger partial charge in [-0.3, -0.25) is 4.79 Å². The minimum atomic E-state index is 0.182. The number of hydrogen-bond acceptors (Lipinski definition) is 2. The van der Waals surface area contributed by atoms with E-state index >= 15 is 0 Å². The quantitative estimate of drug-likeness (QED) is 0.872. The van der Waals surface area contributed by atoms with Crippen LogP contribution in [-0.2, 0) is 13.0 Å². The number of rotatable bonds is 3. The minimum Gasteiger partial charge on any atom is -0.312 e. The second-order valence-corrected chi connectivity index (χ2v) is 6.13. The van der Waals surface area contributed by atoms with E-state index in [1.165, 1.54) is 16.7 Å². The van der Waals surface area contributed by atoms with Crippen LogP contribution >= 0.6 is 0 Å². The van der Waals surface area contributed by atoms with Crippen LogP contribution in [0.5, 0.6) is 0 Å². The van der Waals surface area contributed by atoms with E-state index in [-0.39, 0.29) is 5.92 Å². The fraction of sp³-hybridized carbons (Fsp3) is 0.316. The van der Waals surface area contributed by atoms with E-state index in [2.05, 4.69) is 41.7 Å². The average molecular weight is 277 g/mol. The van der Waals surface area contributed by atoms with E-state index in [1.54, 1.807) is 0 Å².